The molecule has 18 nitrogen and oxygen atoms in total. The van der Waals surface area contributed by atoms with Gasteiger partial charge in [-0.25, -0.2) is 23.9 Å². The van der Waals surface area contributed by atoms with Gasteiger partial charge < -0.3 is 30.8 Å². The molecule has 1 unspecified atom stereocenters. The minimum atomic E-state index is -4.36. The number of hydrogen-bond donors (Lipinski definition) is 7. The van der Waals surface area contributed by atoms with E-state index in [1.807, 2.05) is 0 Å². The zero-order valence-electron chi connectivity index (χ0n) is 21.0. The molecule has 6 rings (SSSR count). The Morgan fingerprint density at radius 1 is 1.24 bits per heavy atom. The number of ether oxygens (including phenoxy) is 1. The van der Waals surface area contributed by atoms with Crippen molar-refractivity contribution in [3.63, 3.8) is 0 Å². The van der Waals surface area contributed by atoms with E-state index in [4.69, 9.17) is 19.5 Å². The molecular formula is C20H23FN9O9PS2. The molecule has 226 valence electrons. The summed E-state index contributed by atoms with van der Waals surface area (Å²) in [5.41, 5.74) is 4.18. The normalized spacial score (nSPS) is 31.3. The van der Waals surface area contributed by atoms with Crippen molar-refractivity contribution in [2.45, 2.75) is 40.8 Å². The van der Waals surface area contributed by atoms with E-state index in [1.165, 1.54) is 10.9 Å². The van der Waals surface area contributed by atoms with Gasteiger partial charge in [0.15, 0.2) is 22.3 Å². The SMILES string of the molecule is Nc1nc2c(ncn2[C@@H]2S[C@H](CO)[C@@H](O)[C@H]2OP(=O)(S)OC[C@H]2OC[C@@](F)(n3cnc4c(=O)[nH]cnc43)[C@@H]2O)c(=O)[nH]1. The molecule has 42 heavy (non-hydrogen) atoms. The standard InChI is InChI=1S/C20H23FN9O9PS2/c21-20(30-6-26-9-14(30)23-4-24-16(9)34)3-37-7(13(20)33)2-38-40(36,41)39-12-11(32)8(1-31)42-18(12)29-5-25-10-15(29)27-19(22)28-17(10)35/h4-8,11-13,18,31-33H,1-3H2,(H,36,41)(H,23,24,34)(H3,22,27,28,35)/t7-,8-,11-,12-,13-,18-,20-,40?/m1/s1. The van der Waals surface area contributed by atoms with E-state index in [2.05, 4.69) is 42.2 Å². The summed E-state index contributed by atoms with van der Waals surface area (Å²) in [6, 6.07) is 0. The Balaban J connectivity index is 1.19. The molecule has 0 amide bonds. The van der Waals surface area contributed by atoms with Crippen molar-refractivity contribution in [1.29, 1.82) is 0 Å². The highest BCUT2D eigenvalue weighted by Gasteiger charge is 2.53. The average Bonchev–Trinajstić information content (AvgIpc) is 3.70. The number of hydrogen-bond acceptors (Lipinski definition) is 15. The topological polar surface area (TPSA) is 259 Å². The number of thioether (sulfide) groups is 1. The summed E-state index contributed by atoms with van der Waals surface area (Å²) < 4.78 is 47.8. The van der Waals surface area contributed by atoms with Crippen LogP contribution in [-0.2, 0) is 24.1 Å². The highest BCUT2D eigenvalue weighted by atomic mass is 32.7. The monoisotopic (exact) mass is 647 g/mol. The maximum Gasteiger partial charge on any atom is 0.386 e. The molecule has 2 aliphatic heterocycles. The Kier molecular flexibility index (Phi) is 7.43. The molecule has 6 heterocycles. The number of imidazole rings is 2. The lowest BCUT2D eigenvalue weighted by molar-refractivity contribution is -0.0460. The smallest absolute Gasteiger partial charge is 0.386 e. The minimum Gasteiger partial charge on any atom is -0.395 e. The molecule has 2 saturated heterocycles. The number of alkyl halides is 1. The second-order valence-electron chi connectivity index (χ2n) is 9.48. The van der Waals surface area contributed by atoms with Crippen molar-refractivity contribution in [3.05, 3.63) is 39.7 Å². The number of H-pyrrole nitrogens is 2. The van der Waals surface area contributed by atoms with Crippen LogP contribution in [0.5, 0.6) is 0 Å². The fraction of sp³-hybridized carbons (Fsp3) is 0.500. The van der Waals surface area contributed by atoms with E-state index in [9.17, 15) is 29.5 Å². The predicted molar refractivity (Wildman–Crippen MR) is 146 cm³/mol. The minimum absolute atomic E-state index is 0.0494. The Bertz CT molecular complexity index is 1820. The number of fused-ring (bicyclic) bond motifs is 2. The van der Waals surface area contributed by atoms with Gasteiger partial charge in [-0.05, 0) is 0 Å². The third kappa shape index (κ3) is 4.83. The van der Waals surface area contributed by atoms with Crippen molar-refractivity contribution < 1.29 is 38.1 Å². The number of anilines is 1. The van der Waals surface area contributed by atoms with Crippen molar-refractivity contribution in [2.24, 2.45) is 0 Å². The number of rotatable bonds is 8. The number of aliphatic hydroxyl groups excluding tert-OH is 3. The molecule has 4 aromatic heterocycles. The van der Waals surface area contributed by atoms with Gasteiger partial charge in [-0.1, -0.05) is 12.2 Å². The van der Waals surface area contributed by atoms with E-state index in [-0.39, 0.29) is 28.3 Å². The van der Waals surface area contributed by atoms with E-state index in [0.717, 1.165) is 29.0 Å². The molecule has 8 atom stereocenters. The highest BCUT2D eigenvalue weighted by molar-refractivity contribution is 8.44. The summed E-state index contributed by atoms with van der Waals surface area (Å²) in [7, 11) is 0. The first kappa shape index (κ1) is 29.2. The predicted octanol–water partition coefficient (Wildman–Crippen LogP) is -1.38. The van der Waals surface area contributed by atoms with E-state index in [0.29, 0.717) is 0 Å². The summed E-state index contributed by atoms with van der Waals surface area (Å²) in [6.45, 7) is -6.17. The molecule has 0 aliphatic carbocycles. The summed E-state index contributed by atoms with van der Waals surface area (Å²) >= 11 is 5.03. The van der Waals surface area contributed by atoms with Gasteiger partial charge in [0, 0.05) is 0 Å². The lowest BCUT2D eigenvalue weighted by Crippen LogP contribution is -2.43. The fourth-order valence-electron chi connectivity index (χ4n) is 4.84. The van der Waals surface area contributed by atoms with Crippen LogP contribution in [0, 0.1) is 0 Å². The molecule has 4 aromatic rings. The van der Waals surface area contributed by atoms with Crippen LogP contribution in [0.1, 0.15) is 5.37 Å². The number of nitrogens with zero attached hydrogens (tertiary/aromatic N) is 6. The molecule has 0 bridgehead atoms. The number of halogens is 1. The number of thiol groups is 1. The number of nitrogens with one attached hydrogen (secondary N) is 2. The molecule has 2 fully saturated rings. The average molecular weight is 648 g/mol. The quantitative estimate of drug-likeness (QED) is 0.0859. The lowest BCUT2D eigenvalue weighted by atomic mass is 10.1. The van der Waals surface area contributed by atoms with E-state index in [1.54, 1.807) is 0 Å². The van der Waals surface area contributed by atoms with E-state index < -0.39 is 78.6 Å². The van der Waals surface area contributed by atoms with Gasteiger partial charge in [-0.3, -0.25) is 32.8 Å². The van der Waals surface area contributed by atoms with E-state index >= 15 is 4.39 Å². The highest BCUT2D eigenvalue weighted by Crippen LogP contribution is 2.59. The Morgan fingerprint density at radius 2 is 1.98 bits per heavy atom. The summed E-state index contributed by atoms with van der Waals surface area (Å²) in [6.07, 6.45) is -2.64. The van der Waals surface area contributed by atoms with Gasteiger partial charge in [0.2, 0.25) is 11.7 Å². The maximum atomic E-state index is 16.0. The Hall–Kier alpha value is -2.88. The van der Waals surface area contributed by atoms with Crippen molar-refractivity contribution in [2.75, 3.05) is 25.6 Å². The second-order valence-corrected chi connectivity index (χ2v) is 13.7. The summed E-state index contributed by atoms with van der Waals surface area (Å²) in [5.74, 6) is -2.79. The van der Waals surface area contributed by atoms with Gasteiger partial charge >= 0.3 is 6.80 Å². The van der Waals surface area contributed by atoms with Gasteiger partial charge in [0.25, 0.3) is 11.1 Å². The maximum absolute atomic E-state index is 16.0. The number of aromatic amines is 2. The number of aliphatic hydroxyl groups is 3. The zero-order chi connectivity index (χ0) is 30.0. The summed E-state index contributed by atoms with van der Waals surface area (Å²) in [5, 5.41) is 29.7. The van der Waals surface area contributed by atoms with Crippen LogP contribution >= 0.6 is 30.8 Å². The third-order valence-electron chi connectivity index (χ3n) is 6.92. The molecular weight excluding hydrogens is 624 g/mol. The first-order valence-electron chi connectivity index (χ1n) is 12.2. The molecule has 22 heteroatoms. The number of aromatic nitrogens is 8. The van der Waals surface area contributed by atoms with Crippen LogP contribution < -0.4 is 16.9 Å². The molecule has 0 spiro atoms. The van der Waals surface area contributed by atoms with Gasteiger partial charge in [-0.15, -0.1) is 11.8 Å². The Labute approximate surface area is 242 Å². The largest absolute Gasteiger partial charge is 0.395 e. The van der Waals surface area contributed by atoms with Crippen molar-refractivity contribution >= 4 is 59.1 Å². The third-order valence-corrected chi connectivity index (χ3v) is 10.1. The Morgan fingerprint density at radius 3 is 2.74 bits per heavy atom. The van der Waals surface area contributed by atoms with Crippen molar-refractivity contribution in [1.82, 2.24) is 39.0 Å². The first-order valence-corrected chi connectivity index (χ1v) is 15.8. The zero-order valence-corrected chi connectivity index (χ0v) is 23.7. The van der Waals surface area contributed by atoms with Crippen LogP contribution in [0.15, 0.2) is 28.6 Å². The second kappa shape index (κ2) is 10.7. The van der Waals surface area contributed by atoms with Crippen molar-refractivity contribution in [3.8, 4) is 0 Å². The molecule has 0 aromatic carbocycles. The number of nitrogens with two attached hydrogens (primary N) is 1. The number of nitrogen functional groups attached to an aromatic ring is 1. The fourth-order valence-corrected chi connectivity index (χ4v) is 7.81. The van der Waals surface area contributed by atoms with Gasteiger partial charge in [-0.2, -0.15) is 4.98 Å². The van der Waals surface area contributed by atoms with Gasteiger partial charge in [0.1, 0.15) is 36.6 Å². The van der Waals surface area contributed by atoms with Gasteiger partial charge in [0.05, 0.1) is 37.2 Å². The molecule has 7 N–H and O–H groups in total. The van der Waals surface area contributed by atoms with Crippen LogP contribution in [0.3, 0.4) is 0 Å². The van der Waals surface area contributed by atoms with Crippen LogP contribution in [0.2, 0.25) is 0 Å². The summed E-state index contributed by atoms with van der Waals surface area (Å²) in [4.78, 5) is 44.7. The van der Waals surface area contributed by atoms with Crippen LogP contribution in [0.4, 0.5) is 10.3 Å². The molecule has 0 saturated carbocycles. The van der Waals surface area contributed by atoms with Crippen LogP contribution in [-0.4, -0.2) is 104 Å². The first-order chi connectivity index (χ1) is 19.9. The lowest BCUT2D eigenvalue weighted by Gasteiger charge is -2.27. The molecule has 0 radical (unpaired) electrons. The van der Waals surface area contributed by atoms with Crippen LogP contribution in [0.25, 0.3) is 22.3 Å². The molecule has 2 aliphatic rings.